The molecule has 5 heteroatoms. The van der Waals surface area contributed by atoms with Gasteiger partial charge in [0.2, 0.25) is 0 Å². The molecule has 0 radical (unpaired) electrons. The monoisotopic (exact) mass is 334 g/mol. The smallest absolute Gasteiger partial charge is 0.254 e. The Morgan fingerprint density at radius 2 is 1.96 bits per heavy atom. The van der Waals surface area contributed by atoms with E-state index >= 15 is 0 Å². The summed E-state index contributed by atoms with van der Waals surface area (Å²) in [6, 6.07) is 13.4. The Hall–Kier alpha value is -2.07. The number of hydrogen-bond acceptors (Lipinski definition) is 2. The zero-order valence-corrected chi connectivity index (χ0v) is 13.7. The lowest BCUT2D eigenvalue weighted by molar-refractivity contribution is 0.0730. The van der Waals surface area contributed by atoms with Gasteiger partial charge in [-0.1, -0.05) is 31.2 Å². The second kappa shape index (κ2) is 7.01. The van der Waals surface area contributed by atoms with Gasteiger partial charge in [-0.2, -0.15) is 0 Å². The molecule has 0 bridgehead atoms. The first-order valence-electron chi connectivity index (χ1n) is 7.47. The van der Waals surface area contributed by atoms with Crippen molar-refractivity contribution in [3.8, 4) is 0 Å². The summed E-state index contributed by atoms with van der Waals surface area (Å²) in [4.78, 5) is 14.5. The molecule has 1 fully saturated rings. The van der Waals surface area contributed by atoms with Crippen LogP contribution in [-0.2, 0) is 0 Å². The van der Waals surface area contributed by atoms with E-state index in [0.717, 1.165) is 6.42 Å². The van der Waals surface area contributed by atoms with Crippen LogP contribution in [0.3, 0.4) is 0 Å². The van der Waals surface area contributed by atoms with Crippen LogP contribution in [0.15, 0.2) is 48.5 Å². The minimum absolute atomic E-state index is 0. The van der Waals surface area contributed by atoms with E-state index < -0.39 is 0 Å². The summed E-state index contributed by atoms with van der Waals surface area (Å²) in [7, 11) is 0. The third kappa shape index (κ3) is 3.48. The van der Waals surface area contributed by atoms with E-state index in [9.17, 15) is 9.18 Å². The van der Waals surface area contributed by atoms with E-state index in [2.05, 4.69) is 6.92 Å². The molecule has 3 rings (SSSR count). The normalized spacial score (nSPS) is 20.2. The SMILES string of the molecule is CC1CC(c2ccccc2F)N(C(=O)c2cccc(N)c2)C1.Cl. The summed E-state index contributed by atoms with van der Waals surface area (Å²) < 4.78 is 14.1. The van der Waals surface area contributed by atoms with Crippen LogP contribution in [0.2, 0.25) is 0 Å². The van der Waals surface area contributed by atoms with Gasteiger partial charge in [-0.05, 0) is 36.6 Å². The largest absolute Gasteiger partial charge is 0.399 e. The average molecular weight is 335 g/mol. The van der Waals surface area contributed by atoms with Gasteiger partial charge in [0, 0.05) is 23.4 Å². The lowest BCUT2D eigenvalue weighted by Crippen LogP contribution is -2.31. The second-order valence-corrected chi connectivity index (χ2v) is 5.96. The van der Waals surface area contributed by atoms with E-state index in [0.29, 0.717) is 29.3 Å². The van der Waals surface area contributed by atoms with Crippen LogP contribution in [0.25, 0.3) is 0 Å². The number of carbonyl (C=O) groups excluding carboxylic acids is 1. The Morgan fingerprint density at radius 3 is 2.65 bits per heavy atom. The minimum Gasteiger partial charge on any atom is -0.399 e. The Labute approximate surface area is 141 Å². The van der Waals surface area contributed by atoms with E-state index in [-0.39, 0.29) is 30.2 Å². The van der Waals surface area contributed by atoms with Crippen LogP contribution in [0, 0.1) is 11.7 Å². The maximum atomic E-state index is 14.1. The van der Waals surface area contributed by atoms with Crippen molar-refractivity contribution in [2.75, 3.05) is 12.3 Å². The van der Waals surface area contributed by atoms with Crippen LogP contribution < -0.4 is 5.73 Å². The number of benzene rings is 2. The number of halogens is 2. The topological polar surface area (TPSA) is 46.3 Å². The van der Waals surface area contributed by atoms with Crippen LogP contribution in [0.5, 0.6) is 0 Å². The standard InChI is InChI=1S/C18H19FN2O.ClH/c1-12-9-17(15-7-2-3-8-16(15)19)21(11-12)18(22)13-5-4-6-14(20)10-13;/h2-8,10,12,17H,9,11,20H2,1H3;1H. The van der Waals surface area contributed by atoms with Gasteiger partial charge in [0.05, 0.1) is 6.04 Å². The molecule has 2 atom stereocenters. The zero-order valence-electron chi connectivity index (χ0n) is 12.9. The predicted molar refractivity (Wildman–Crippen MR) is 92.1 cm³/mol. The number of hydrogen-bond donors (Lipinski definition) is 1. The quantitative estimate of drug-likeness (QED) is 0.842. The van der Waals surface area contributed by atoms with Crippen LogP contribution in [-0.4, -0.2) is 17.4 Å². The molecule has 2 unspecified atom stereocenters. The van der Waals surface area contributed by atoms with Crippen molar-refractivity contribution in [3.63, 3.8) is 0 Å². The van der Waals surface area contributed by atoms with Crippen LogP contribution in [0.4, 0.5) is 10.1 Å². The molecule has 0 saturated carbocycles. The predicted octanol–water partition coefficient (Wildman–Crippen LogP) is 4.05. The Kier molecular flexibility index (Phi) is 5.26. The summed E-state index contributed by atoms with van der Waals surface area (Å²) in [5.41, 5.74) is 7.46. The first-order chi connectivity index (χ1) is 10.6. The highest BCUT2D eigenvalue weighted by atomic mass is 35.5. The maximum absolute atomic E-state index is 14.1. The average Bonchev–Trinajstić information content (AvgIpc) is 2.88. The summed E-state index contributed by atoms with van der Waals surface area (Å²) in [5.74, 6) is -0.00788. The van der Waals surface area contributed by atoms with Crippen molar-refractivity contribution in [1.29, 1.82) is 0 Å². The van der Waals surface area contributed by atoms with Gasteiger partial charge >= 0.3 is 0 Å². The molecule has 2 aromatic rings. The molecule has 23 heavy (non-hydrogen) atoms. The summed E-state index contributed by atoms with van der Waals surface area (Å²) >= 11 is 0. The first-order valence-corrected chi connectivity index (χ1v) is 7.47. The summed E-state index contributed by atoms with van der Waals surface area (Å²) in [5, 5.41) is 0. The molecule has 2 aromatic carbocycles. The molecule has 0 aliphatic carbocycles. The molecule has 122 valence electrons. The highest BCUT2D eigenvalue weighted by Gasteiger charge is 2.35. The van der Waals surface area contributed by atoms with Crippen molar-refractivity contribution < 1.29 is 9.18 Å². The van der Waals surface area contributed by atoms with Crippen molar-refractivity contribution in [2.24, 2.45) is 5.92 Å². The molecule has 1 saturated heterocycles. The number of amides is 1. The molecular weight excluding hydrogens is 315 g/mol. The lowest BCUT2D eigenvalue weighted by atomic mass is 10.00. The Morgan fingerprint density at radius 1 is 1.22 bits per heavy atom. The number of carbonyl (C=O) groups is 1. The number of nitrogens with two attached hydrogens (primary N) is 1. The molecule has 3 nitrogen and oxygen atoms in total. The van der Waals surface area contributed by atoms with E-state index in [4.69, 9.17) is 5.73 Å². The molecular formula is C18H20ClFN2O. The molecule has 1 heterocycles. The van der Waals surface area contributed by atoms with E-state index in [1.807, 2.05) is 6.07 Å². The minimum atomic E-state index is -0.257. The van der Waals surface area contributed by atoms with Gasteiger partial charge in [-0.25, -0.2) is 4.39 Å². The van der Waals surface area contributed by atoms with Gasteiger partial charge < -0.3 is 10.6 Å². The summed E-state index contributed by atoms with van der Waals surface area (Å²) in [6.07, 6.45) is 0.773. The van der Waals surface area contributed by atoms with E-state index in [1.54, 1.807) is 41.3 Å². The highest BCUT2D eigenvalue weighted by Crippen LogP contribution is 2.37. The summed E-state index contributed by atoms with van der Waals surface area (Å²) in [6.45, 7) is 2.72. The molecule has 0 aromatic heterocycles. The molecule has 2 N–H and O–H groups in total. The number of likely N-dealkylation sites (tertiary alicyclic amines) is 1. The van der Waals surface area contributed by atoms with Gasteiger partial charge in [-0.15, -0.1) is 12.4 Å². The number of nitrogen functional groups attached to an aromatic ring is 1. The van der Waals surface area contributed by atoms with Gasteiger partial charge in [0.25, 0.3) is 5.91 Å². The van der Waals surface area contributed by atoms with Crippen LogP contribution in [0.1, 0.15) is 35.3 Å². The second-order valence-electron chi connectivity index (χ2n) is 5.96. The fourth-order valence-corrected chi connectivity index (χ4v) is 3.15. The van der Waals surface area contributed by atoms with Gasteiger partial charge in [0.1, 0.15) is 5.82 Å². The molecule has 1 aliphatic rings. The molecule has 1 amide bonds. The molecule has 0 spiro atoms. The first kappa shape index (κ1) is 17.3. The van der Waals surface area contributed by atoms with Crippen molar-refractivity contribution in [1.82, 2.24) is 4.90 Å². The van der Waals surface area contributed by atoms with Crippen molar-refractivity contribution >= 4 is 24.0 Å². The third-order valence-corrected chi connectivity index (χ3v) is 4.17. The number of anilines is 1. The Balaban J connectivity index is 0.00000192. The van der Waals surface area contributed by atoms with Crippen LogP contribution >= 0.6 is 12.4 Å². The maximum Gasteiger partial charge on any atom is 0.254 e. The van der Waals surface area contributed by atoms with Crippen molar-refractivity contribution in [3.05, 3.63) is 65.5 Å². The number of nitrogens with zero attached hydrogens (tertiary/aromatic N) is 1. The van der Waals surface area contributed by atoms with Gasteiger partial charge in [0.15, 0.2) is 0 Å². The third-order valence-electron chi connectivity index (χ3n) is 4.17. The highest BCUT2D eigenvalue weighted by molar-refractivity contribution is 5.95. The lowest BCUT2D eigenvalue weighted by Gasteiger charge is -2.25. The van der Waals surface area contributed by atoms with Crippen molar-refractivity contribution in [2.45, 2.75) is 19.4 Å². The zero-order chi connectivity index (χ0) is 15.7. The Bertz CT molecular complexity index is 707. The number of rotatable bonds is 2. The molecule has 1 aliphatic heterocycles. The van der Waals surface area contributed by atoms with Gasteiger partial charge in [-0.3, -0.25) is 4.79 Å². The fourth-order valence-electron chi connectivity index (χ4n) is 3.15. The van der Waals surface area contributed by atoms with E-state index in [1.165, 1.54) is 6.07 Å². The fraction of sp³-hybridized carbons (Fsp3) is 0.278.